The van der Waals surface area contributed by atoms with E-state index in [1.165, 1.54) is 64.5 Å². The smallest absolute Gasteiger partial charge is 0.264 e. The van der Waals surface area contributed by atoms with E-state index in [-0.39, 0.29) is 11.4 Å². The molecule has 24 heavy (non-hydrogen) atoms. The Hall–Kier alpha value is -1.10. The van der Waals surface area contributed by atoms with Crippen molar-refractivity contribution < 1.29 is 9.63 Å². The van der Waals surface area contributed by atoms with Crippen LogP contribution in [0.1, 0.15) is 71.6 Å². The molecule has 0 aromatic carbocycles. The van der Waals surface area contributed by atoms with Gasteiger partial charge in [-0.15, -0.1) is 0 Å². The average molecular weight is 335 g/mol. The third-order valence-corrected chi connectivity index (χ3v) is 6.05. The molecule has 0 aromatic heterocycles. The third kappa shape index (κ3) is 3.93. The fourth-order valence-electron chi connectivity index (χ4n) is 4.43. The van der Waals surface area contributed by atoms with Crippen LogP contribution in [0.15, 0.2) is 5.16 Å². The number of piperidine rings is 1. The Morgan fingerprint density at radius 1 is 1.21 bits per heavy atom. The first-order chi connectivity index (χ1) is 11.6. The summed E-state index contributed by atoms with van der Waals surface area (Å²) in [4.78, 5) is 20.6. The fourth-order valence-corrected chi connectivity index (χ4v) is 4.43. The van der Waals surface area contributed by atoms with E-state index in [1.54, 1.807) is 0 Å². The summed E-state index contributed by atoms with van der Waals surface area (Å²) in [5.41, 5.74) is 1.17. The van der Waals surface area contributed by atoms with Crippen molar-refractivity contribution in [3.8, 4) is 0 Å². The van der Waals surface area contributed by atoms with E-state index in [1.807, 2.05) is 0 Å². The highest BCUT2D eigenvalue weighted by Crippen LogP contribution is 2.35. The van der Waals surface area contributed by atoms with E-state index < -0.39 is 6.10 Å². The SMILES string of the molecule is CC(C)C1=NOC(C(=O)NCC2(N3CCCCC3)CCCCC2)C1. The molecular weight excluding hydrogens is 302 g/mol. The summed E-state index contributed by atoms with van der Waals surface area (Å²) < 4.78 is 0. The molecule has 0 spiro atoms. The number of carbonyl (C=O) groups is 1. The lowest BCUT2D eigenvalue weighted by Crippen LogP contribution is -2.58. The maximum Gasteiger partial charge on any atom is 0.264 e. The minimum Gasteiger partial charge on any atom is -0.382 e. The van der Waals surface area contributed by atoms with Crippen LogP contribution in [0, 0.1) is 5.92 Å². The summed E-state index contributed by atoms with van der Waals surface area (Å²) in [6, 6.07) is 0. The number of oxime groups is 1. The predicted molar refractivity (Wildman–Crippen MR) is 96.0 cm³/mol. The van der Waals surface area contributed by atoms with E-state index in [4.69, 9.17) is 4.84 Å². The summed E-state index contributed by atoms with van der Waals surface area (Å²) >= 11 is 0. The van der Waals surface area contributed by atoms with Gasteiger partial charge in [-0.1, -0.05) is 44.7 Å². The molecule has 0 radical (unpaired) electrons. The second kappa shape index (κ2) is 7.85. The summed E-state index contributed by atoms with van der Waals surface area (Å²) in [6.45, 7) is 7.33. The Morgan fingerprint density at radius 2 is 1.88 bits per heavy atom. The highest BCUT2D eigenvalue weighted by Gasteiger charge is 2.39. The molecule has 2 fully saturated rings. The van der Waals surface area contributed by atoms with Crippen LogP contribution in [0.25, 0.3) is 0 Å². The minimum atomic E-state index is -0.426. The van der Waals surface area contributed by atoms with E-state index in [0.717, 1.165) is 12.3 Å². The van der Waals surface area contributed by atoms with Crippen molar-refractivity contribution in [2.24, 2.45) is 11.1 Å². The Bertz CT molecular complexity index is 463. The van der Waals surface area contributed by atoms with Gasteiger partial charge in [-0.25, -0.2) is 0 Å². The van der Waals surface area contributed by atoms with Crippen molar-refractivity contribution in [1.29, 1.82) is 0 Å². The van der Waals surface area contributed by atoms with Crippen LogP contribution >= 0.6 is 0 Å². The lowest BCUT2D eigenvalue weighted by Gasteiger charge is -2.48. The van der Waals surface area contributed by atoms with Crippen molar-refractivity contribution in [2.45, 2.75) is 83.3 Å². The number of nitrogens with zero attached hydrogens (tertiary/aromatic N) is 2. The summed E-state index contributed by atoms with van der Waals surface area (Å²) in [5, 5.41) is 7.30. The van der Waals surface area contributed by atoms with E-state index in [2.05, 4.69) is 29.2 Å². The number of rotatable bonds is 5. The molecule has 3 rings (SSSR count). The molecule has 2 heterocycles. The predicted octanol–water partition coefficient (Wildman–Crippen LogP) is 3.09. The molecule has 0 bridgehead atoms. The van der Waals surface area contributed by atoms with Crippen molar-refractivity contribution in [1.82, 2.24) is 10.2 Å². The quantitative estimate of drug-likeness (QED) is 0.840. The number of likely N-dealkylation sites (tertiary alicyclic amines) is 1. The molecule has 1 saturated heterocycles. The maximum atomic E-state index is 12.6. The Labute approximate surface area is 146 Å². The topological polar surface area (TPSA) is 53.9 Å². The first kappa shape index (κ1) is 17.7. The van der Waals surface area contributed by atoms with E-state index in [0.29, 0.717) is 12.3 Å². The van der Waals surface area contributed by atoms with Crippen molar-refractivity contribution in [3.63, 3.8) is 0 Å². The van der Waals surface area contributed by atoms with Gasteiger partial charge in [-0.2, -0.15) is 0 Å². The standard InChI is InChI=1S/C19H33N3O2/c1-15(2)16-13-17(24-21-16)18(23)20-14-19(9-5-3-6-10-19)22-11-7-4-8-12-22/h15,17H,3-14H2,1-2H3,(H,20,23). The molecule has 1 N–H and O–H groups in total. The second-order valence-electron chi connectivity index (χ2n) is 8.09. The van der Waals surface area contributed by atoms with Crippen molar-refractivity contribution in [3.05, 3.63) is 0 Å². The van der Waals surface area contributed by atoms with Crippen LogP contribution in [-0.4, -0.2) is 47.8 Å². The van der Waals surface area contributed by atoms with Gasteiger partial charge < -0.3 is 10.2 Å². The van der Waals surface area contributed by atoms with Crippen LogP contribution < -0.4 is 5.32 Å². The first-order valence-corrected chi connectivity index (χ1v) is 9.86. The first-order valence-electron chi connectivity index (χ1n) is 9.86. The van der Waals surface area contributed by atoms with Gasteiger partial charge in [0, 0.05) is 18.5 Å². The maximum absolute atomic E-state index is 12.6. The fraction of sp³-hybridized carbons (Fsp3) is 0.895. The molecule has 5 heteroatoms. The molecule has 2 aliphatic heterocycles. The van der Waals surface area contributed by atoms with Gasteiger partial charge in [0.2, 0.25) is 6.10 Å². The van der Waals surface area contributed by atoms with Gasteiger partial charge >= 0.3 is 0 Å². The zero-order chi connectivity index (χ0) is 17.0. The van der Waals surface area contributed by atoms with Crippen LogP contribution in [0.2, 0.25) is 0 Å². The minimum absolute atomic E-state index is 0.0105. The van der Waals surface area contributed by atoms with E-state index >= 15 is 0 Å². The number of hydrogen-bond donors (Lipinski definition) is 1. The van der Waals surface area contributed by atoms with Crippen LogP contribution in [0.4, 0.5) is 0 Å². The van der Waals surface area contributed by atoms with Gasteiger partial charge in [0.25, 0.3) is 5.91 Å². The second-order valence-corrected chi connectivity index (χ2v) is 8.09. The Balaban J connectivity index is 1.56. The summed E-state index contributed by atoms with van der Waals surface area (Å²) in [7, 11) is 0. The summed E-state index contributed by atoms with van der Waals surface area (Å²) in [6.07, 6.45) is 10.5. The number of nitrogens with one attached hydrogen (secondary N) is 1. The third-order valence-electron chi connectivity index (χ3n) is 6.05. The van der Waals surface area contributed by atoms with Crippen LogP contribution in [0.5, 0.6) is 0 Å². The summed E-state index contributed by atoms with van der Waals surface area (Å²) in [5.74, 6) is 0.359. The lowest BCUT2D eigenvalue weighted by molar-refractivity contribution is -0.132. The van der Waals surface area contributed by atoms with Gasteiger partial charge in [0.05, 0.1) is 5.71 Å². The largest absolute Gasteiger partial charge is 0.382 e. The number of hydrogen-bond acceptors (Lipinski definition) is 4. The Morgan fingerprint density at radius 3 is 2.50 bits per heavy atom. The zero-order valence-corrected chi connectivity index (χ0v) is 15.4. The molecule has 136 valence electrons. The van der Waals surface area contributed by atoms with Crippen LogP contribution in [-0.2, 0) is 9.63 Å². The van der Waals surface area contributed by atoms with Crippen molar-refractivity contribution in [2.75, 3.05) is 19.6 Å². The van der Waals surface area contributed by atoms with Gasteiger partial charge in [-0.3, -0.25) is 9.69 Å². The molecule has 1 amide bonds. The van der Waals surface area contributed by atoms with Crippen LogP contribution in [0.3, 0.4) is 0 Å². The molecule has 1 atom stereocenters. The number of amides is 1. The van der Waals surface area contributed by atoms with E-state index in [9.17, 15) is 4.79 Å². The van der Waals surface area contributed by atoms with Crippen molar-refractivity contribution >= 4 is 11.6 Å². The molecule has 1 saturated carbocycles. The van der Waals surface area contributed by atoms with Gasteiger partial charge in [0.1, 0.15) is 0 Å². The van der Waals surface area contributed by atoms with Gasteiger partial charge in [-0.05, 0) is 44.7 Å². The zero-order valence-electron chi connectivity index (χ0n) is 15.4. The highest BCUT2D eigenvalue weighted by molar-refractivity contribution is 5.93. The normalized spacial score (nSPS) is 27.6. The van der Waals surface area contributed by atoms with Gasteiger partial charge in [0.15, 0.2) is 0 Å². The Kier molecular flexibility index (Phi) is 5.80. The number of carbonyl (C=O) groups excluding carboxylic acids is 1. The molecule has 5 nitrogen and oxygen atoms in total. The molecule has 1 aliphatic carbocycles. The molecular formula is C19H33N3O2. The molecule has 1 unspecified atom stereocenters. The highest BCUT2D eigenvalue weighted by atomic mass is 16.6. The molecule has 3 aliphatic rings. The average Bonchev–Trinajstić information content (AvgIpc) is 3.12. The lowest BCUT2D eigenvalue weighted by atomic mass is 9.79. The molecule has 0 aromatic rings. The monoisotopic (exact) mass is 335 g/mol.